The standard InChI is InChI=1S/C21H15N3O3S2/c1-27-20-9-14(11-22)5-7-19(20)18-4-2-3-15-10-16(6-8-17(15)18)29(25,26)12-21-23-13-24-28-21/h2-10,13H,12H2,1H3. The van der Waals surface area contributed by atoms with Crippen LogP contribution < -0.4 is 4.74 Å². The van der Waals surface area contributed by atoms with Crippen LogP contribution in [0.2, 0.25) is 0 Å². The monoisotopic (exact) mass is 421 g/mol. The number of ether oxygens (including phenoxy) is 1. The number of nitriles is 1. The average Bonchev–Trinajstić information content (AvgIpc) is 3.24. The van der Waals surface area contributed by atoms with Gasteiger partial charge in [-0.1, -0.05) is 24.3 Å². The number of fused-ring (bicyclic) bond motifs is 1. The second kappa shape index (κ2) is 7.62. The highest BCUT2D eigenvalue weighted by atomic mass is 32.2. The number of benzene rings is 3. The average molecular weight is 422 g/mol. The third kappa shape index (κ3) is 3.70. The van der Waals surface area contributed by atoms with Crippen LogP contribution >= 0.6 is 11.5 Å². The summed E-state index contributed by atoms with van der Waals surface area (Å²) < 4.78 is 34.8. The first-order chi connectivity index (χ1) is 14.0. The molecule has 0 radical (unpaired) electrons. The van der Waals surface area contributed by atoms with E-state index in [2.05, 4.69) is 15.4 Å². The highest BCUT2D eigenvalue weighted by Gasteiger charge is 2.19. The first-order valence-electron chi connectivity index (χ1n) is 8.61. The van der Waals surface area contributed by atoms with E-state index in [1.165, 1.54) is 6.33 Å². The maximum absolute atomic E-state index is 12.8. The fourth-order valence-electron chi connectivity index (χ4n) is 3.18. The van der Waals surface area contributed by atoms with Gasteiger partial charge < -0.3 is 4.74 Å². The molecule has 3 aromatic carbocycles. The van der Waals surface area contributed by atoms with Gasteiger partial charge in [-0.3, -0.25) is 0 Å². The predicted molar refractivity (Wildman–Crippen MR) is 111 cm³/mol. The molecular weight excluding hydrogens is 406 g/mol. The molecule has 0 saturated carbocycles. The van der Waals surface area contributed by atoms with Crippen molar-refractivity contribution in [3.8, 4) is 22.9 Å². The van der Waals surface area contributed by atoms with Gasteiger partial charge in [-0.15, -0.1) is 0 Å². The summed E-state index contributed by atoms with van der Waals surface area (Å²) in [7, 11) is -1.97. The van der Waals surface area contributed by atoms with Crippen molar-refractivity contribution in [3.05, 3.63) is 71.5 Å². The SMILES string of the molecule is COc1cc(C#N)ccc1-c1cccc2cc(S(=O)(=O)Cc3ncns3)ccc12. The topological polar surface area (TPSA) is 92.9 Å². The quantitative estimate of drug-likeness (QED) is 0.479. The lowest BCUT2D eigenvalue weighted by Crippen LogP contribution is -2.04. The van der Waals surface area contributed by atoms with E-state index >= 15 is 0 Å². The number of nitrogens with zero attached hydrogens (tertiary/aromatic N) is 3. The van der Waals surface area contributed by atoms with Crippen molar-refractivity contribution in [2.45, 2.75) is 10.6 Å². The summed E-state index contributed by atoms with van der Waals surface area (Å²) in [5.41, 5.74) is 2.24. The number of rotatable bonds is 5. The van der Waals surface area contributed by atoms with Crippen LogP contribution in [-0.4, -0.2) is 24.9 Å². The number of methoxy groups -OCH3 is 1. The van der Waals surface area contributed by atoms with Crippen LogP contribution in [0.1, 0.15) is 10.6 Å². The van der Waals surface area contributed by atoms with Gasteiger partial charge in [0.2, 0.25) is 0 Å². The summed E-state index contributed by atoms with van der Waals surface area (Å²) in [6.45, 7) is 0. The fourth-order valence-corrected chi connectivity index (χ4v) is 5.31. The van der Waals surface area contributed by atoms with E-state index in [1.807, 2.05) is 24.3 Å². The minimum Gasteiger partial charge on any atom is -0.496 e. The molecule has 1 heterocycles. The molecule has 8 heteroatoms. The Morgan fingerprint density at radius 1 is 1.10 bits per heavy atom. The smallest absolute Gasteiger partial charge is 0.184 e. The van der Waals surface area contributed by atoms with Crippen molar-refractivity contribution in [2.24, 2.45) is 0 Å². The van der Waals surface area contributed by atoms with Crippen molar-refractivity contribution < 1.29 is 13.2 Å². The molecule has 144 valence electrons. The van der Waals surface area contributed by atoms with Crippen LogP contribution in [0.4, 0.5) is 0 Å². The van der Waals surface area contributed by atoms with Gasteiger partial charge in [-0.2, -0.15) is 9.64 Å². The molecule has 6 nitrogen and oxygen atoms in total. The van der Waals surface area contributed by atoms with Crippen molar-refractivity contribution in [2.75, 3.05) is 7.11 Å². The van der Waals surface area contributed by atoms with Crippen molar-refractivity contribution in [1.29, 1.82) is 5.26 Å². The van der Waals surface area contributed by atoms with Gasteiger partial charge in [0.1, 0.15) is 22.8 Å². The van der Waals surface area contributed by atoms with E-state index in [1.54, 1.807) is 37.4 Å². The first kappa shape index (κ1) is 19.1. The molecule has 29 heavy (non-hydrogen) atoms. The van der Waals surface area contributed by atoms with Gasteiger partial charge in [0.15, 0.2) is 9.84 Å². The Hall–Kier alpha value is -3.28. The van der Waals surface area contributed by atoms with Crippen molar-refractivity contribution >= 4 is 32.1 Å². The largest absolute Gasteiger partial charge is 0.496 e. The summed E-state index contributed by atoms with van der Waals surface area (Å²) in [4.78, 5) is 4.21. The maximum Gasteiger partial charge on any atom is 0.184 e. The van der Waals surface area contributed by atoms with E-state index in [4.69, 9.17) is 10.00 Å². The van der Waals surface area contributed by atoms with E-state index < -0.39 is 9.84 Å². The van der Waals surface area contributed by atoms with Gasteiger partial charge in [-0.25, -0.2) is 13.4 Å². The number of sulfone groups is 1. The van der Waals surface area contributed by atoms with Crippen LogP contribution in [0.25, 0.3) is 21.9 Å². The van der Waals surface area contributed by atoms with Gasteiger partial charge in [-0.05, 0) is 58.2 Å². The Kier molecular flexibility index (Phi) is 5.01. The lowest BCUT2D eigenvalue weighted by Gasteiger charge is -2.12. The third-order valence-electron chi connectivity index (χ3n) is 4.55. The zero-order chi connectivity index (χ0) is 20.4. The summed E-state index contributed by atoms with van der Waals surface area (Å²) >= 11 is 1.08. The first-order valence-corrected chi connectivity index (χ1v) is 11.0. The van der Waals surface area contributed by atoms with Gasteiger partial charge in [0.25, 0.3) is 0 Å². The minimum atomic E-state index is -3.53. The van der Waals surface area contributed by atoms with Crippen LogP contribution in [-0.2, 0) is 15.6 Å². The van der Waals surface area contributed by atoms with Crippen molar-refractivity contribution in [3.63, 3.8) is 0 Å². The molecule has 4 aromatic rings. The molecule has 0 unspecified atom stereocenters. The zero-order valence-electron chi connectivity index (χ0n) is 15.4. The molecule has 0 aliphatic carbocycles. The van der Waals surface area contributed by atoms with Gasteiger partial charge >= 0.3 is 0 Å². The molecular formula is C21H15N3O3S2. The number of aromatic nitrogens is 2. The van der Waals surface area contributed by atoms with Crippen molar-refractivity contribution in [1.82, 2.24) is 9.36 Å². The van der Waals surface area contributed by atoms with Crippen LogP contribution in [0, 0.1) is 11.3 Å². The van der Waals surface area contributed by atoms with E-state index in [0.29, 0.717) is 16.3 Å². The molecule has 0 fully saturated rings. The van der Waals surface area contributed by atoms with Crippen LogP contribution in [0.5, 0.6) is 5.75 Å². The molecule has 0 bridgehead atoms. The maximum atomic E-state index is 12.8. The molecule has 0 aliphatic heterocycles. The second-order valence-electron chi connectivity index (χ2n) is 6.31. The second-order valence-corrected chi connectivity index (χ2v) is 9.16. The fraction of sp³-hybridized carbons (Fsp3) is 0.0952. The lowest BCUT2D eigenvalue weighted by atomic mass is 9.97. The molecule has 1 aromatic heterocycles. The number of hydrogen-bond acceptors (Lipinski definition) is 7. The molecule has 0 N–H and O–H groups in total. The Morgan fingerprint density at radius 3 is 2.69 bits per heavy atom. The summed E-state index contributed by atoms with van der Waals surface area (Å²) in [6, 6.07) is 18.1. The Balaban J connectivity index is 1.81. The van der Waals surface area contributed by atoms with Gasteiger partial charge in [0, 0.05) is 5.56 Å². The Labute approximate surface area is 172 Å². The highest BCUT2D eigenvalue weighted by molar-refractivity contribution is 7.90. The molecule has 0 amide bonds. The summed E-state index contributed by atoms with van der Waals surface area (Å²) in [6.07, 6.45) is 1.35. The highest BCUT2D eigenvalue weighted by Crippen LogP contribution is 2.36. The van der Waals surface area contributed by atoms with E-state index in [0.717, 1.165) is 33.4 Å². The van der Waals surface area contributed by atoms with E-state index in [-0.39, 0.29) is 10.6 Å². The lowest BCUT2D eigenvalue weighted by molar-refractivity contribution is 0.416. The minimum absolute atomic E-state index is 0.174. The third-order valence-corrected chi connectivity index (χ3v) is 7.02. The number of hydrogen-bond donors (Lipinski definition) is 0. The molecule has 0 aliphatic rings. The molecule has 4 rings (SSSR count). The van der Waals surface area contributed by atoms with Crippen LogP contribution in [0.15, 0.2) is 65.8 Å². The predicted octanol–water partition coefficient (Wildman–Crippen LogP) is 4.21. The van der Waals surface area contributed by atoms with E-state index in [9.17, 15) is 8.42 Å². The zero-order valence-corrected chi connectivity index (χ0v) is 17.0. The Bertz CT molecular complexity index is 1340. The molecule has 0 saturated heterocycles. The van der Waals surface area contributed by atoms with Gasteiger partial charge in [0.05, 0.1) is 23.6 Å². The normalized spacial score (nSPS) is 11.3. The molecule has 0 atom stereocenters. The Morgan fingerprint density at radius 2 is 1.97 bits per heavy atom. The van der Waals surface area contributed by atoms with Crippen LogP contribution in [0.3, 0.4) is 0 Å². The molecule has 0 spiro atoms. The summed E-state index contributed by atoms with van der Waals surface area (Å²) in [5, 5.41) is 11.3. The summed E-state index contributed by atoms with van der Waals surface area (Å²) in [5.74, 6) is 0.413.